The van der Waals surface area contributed by atoms with Crippen LogP contribution in [0.3, 0.4) is 0 Å². The summed E-state index contributed by atoms with van der Waals surface area (Å²) in [5, 5.41) is 0. The van der Waals surface area contributed by atoms with Crippen molar-refractivity contribution in [1.82, 2.24) is 4.90 Å². The summed E-state index contributed by atoms with van der Waals surface area (Å²) in [7, 11) is 1.36. The number of thioether (sulfide) groups is 1. The molecule has 2 aliphatic rings. The zero-order valence-corrected chi connectivity index (χ0v) is 15.7. The van der Waals surface area contributed by atoms with E-state index in [9.17, 15) is 9.59 Å². The molecule has 132 valence electrons. The number of rotatable bonds is 4. The Bertz CT molecular complexity index is 743. The van der Waals surface area contributed by atoms with Crippen LogP contribution in [-0.2, 0) is 14.3 Å². The van der Waals surface area contributed by atoms with E-state index in [1.165, 1.54) is 7.11 Å². The fourth-order valence-corrected chi connectivity index (χ4v) is 4.08. The van der Waals surface area contributed by atoms with E-state index >= 15 is 0 Å². The number of ether oxygens (including phenoxy) is 1. The average Bonchev–Trinajstić information content (AvgIpc) is 3.22. The quantitative estimate of drug-likeness (QED) is 0.464. The molecule has 3 rings (SSSR count). The van der Waals surface area contributed by atoms with Crippen LogP contribution in [0.1, 0.15) is 38.2 Å². The maximum Gasteiger partial charge on any atom is 0.340 e. The molecule has 1 aliphatic heterocycles. The Kier molecular flexibility index (Phi) is 5.33. The molecule has 0 aromatic heterocycles. The first-order valence-corrected chi connectivity index (χ1v) is 9.78. The van der Waals surface area contributed by atoms with E-state index in [-0.39, 0.29) is 11.9 Å². The van der Waals surface area contributed by atoms with Crippen LogP contribution < -0.4 is 0 Å². The van der Waals surface area contributed by atoms with Crippen molar-refractivity contribution >= 4 is 29.7 Å². The monoisotopic (exact) mass is 357 g/mol. The van der Waals surface area contributed by atoms with E-state index in [0.717, 1.165) is 41.8 Å². The van der Waals surface area contributed by atoms with Crippen molar-refractivity contribution in [2.75, 3.05) is 13.4 Å². The van der Waals surface area contributed by atoms with Crippen molar-refractivity contribution in [2.45, 2.75) is 43.5 Å². The summed E-state index contributed by atoms with van der Waals surface area (Å²) >= 11 is 1.67. The molecule has 1 heterocycles. The summed E-state index contributed by atoms with van der Waals surface area (Å²) in [6, 6.07) is 8.15. The highest BCUT2D eigenvalue weighted by atomic mass is 32.2. The van der Waals surface area contributed by atoms with Crippen molar-refractivity contribution in [2.24, 2.45) is 0 Å². The Morgan fingerprint density at radius 1 is 1.24 bits per heavy atom. The molecular weight excluding hydrogens is 334 g/mol. The van der Waals surface area contributed by atoms with Crippen molar-refractivity contribution in [3.8, 4) is 0 Å². The van der Waals surface area contributed by atoms with Crippen LogP contribution >= 0.6 is 11.8 Å². The fourth-order valence-electron chi connectivity index (χ4n) is 3.67. The molecule has 0 radical (unpaired) electrons. The van der Waals surface area contributed by atoms with Gasteiger partial charge >= 0.3 is 5.97 Å². The number of nitrogens with zero attached hydrogens (tertiary/aromatic N) is 1. The van der Waals surface area contributed by atoms with E-state index in [1.807, 2.05) is 37.4 Å². The minimum Gasteiger partial charge on any atom is -0.465 e. The number of methoxy groups -OCH3 is 1. The number of carbonyl (C=O) groups is 2. The second-order valence-electron chi connectivity index (χ2n) is 6.40. The van der Waals surface area contributed by atoms with Crippen LogP contribution in [0.15, 0.2) is 46.0 Å². The lowest BCUT2D eigenvalue weighted by Crippen LogP contribution is -2.34. The van der Waals surface area contributed by atoms with Gasteiger partial charge in [0.25, 0.3) is 5.91 Å². The molecule has 1 aliphatic carbocycles. The SMILES string of the molecule is COC(=O)C1=C(C)N(C2CCCC2)C(=O)/C1=C\c1ccc(SC)cc1. The van der Waals surface area contributed by atoms with E-state index in [0.29, 0.717) is 11.1 Å². The van der Waals surface area contributed by atoms with Crippen molar-refractivity contribution < 1.29 is 14.3 Å². The van der Waals surface area contributed by atoms with Gasteiger partial charge in [-0.2, -0.15) is 0 Å². The third-order valence-corrected chi connectivity index (χ3v) is 5.69. The van der Waals surface area contributed by atoms with Crippen molar-refractivity contribution in [3.05, 3.63) is 46.7 Å². The smallest absolute Gasteiger partial charge is 0.340 e. The van der Waals surface area contributed by atoms with Crippen LogP contribution in [0.25, 0.3) is 6.08 Å². The number of allylic oxidation sites excluding steroid dienone is 1. The first kappa shape index (κ1) is 17.8. The molecule has 1 fully saturated rings. The van der Waals surface area contributed by atoms with Crippen LogP contribution in [0.2, 0.25) is 0 Å². The Labute approximate surface area is 152 Å². The van der Waals surface area contributed by atoms with Gasteiger partial charge in [0.2, 0.25) is 0 Å². The number of amides is 1. The van der Waals surface area contributed by atoms with Crippen molar-refractivity contribution in [1.29, 1.82) is 0 Å². The second-order valence-corrected chi connectivity index (χ2v) is 7.28. The molecular formula is C20H23NO3S. The van der Waals surface area contributed by atoms with E-state index in [4.69, 9.17) is 4.74 Å². The van der Waals surface area contributed by atoms with Gasteiger partial charge in [-0.1, -0.05) is 25.0 Å². The van der Waals surface area contributed by atoms with Gasteiger partial charge in [-0.3, -0.25) is 4.79 Å². The Hall–Kier alpha value is -2.01. The first-order chi connectivity index (χ1) is 12.1. The van der Waals surface area contributed by atoms with E-state index in [1.54, 1.807) is 22.7 Å². The molecule has 1 aromatic carbocycles. The topological polar surface area (TPSA) is 46.6 Å². The lowest BCUT2D eigenvalue weighted by atomic mass is 10.0. The minimum absolute atomic E-state index is 0.0845. The summed E-state index contributed by atoms with van der Waals surface area (Å²) in [5.41, 5.74) is 2.46. The maximum atomic E-state index is 13.1. The normalized spacial score (nSPS) is 20.0. The van der Waals surface area contributed by atoms with Crippen molar-refractivity contribution in [3.63, 3.8) is 0 Å². The number of carbonyl (C=O) groups excluding carboxylic acids is 2. The lowest BCUT2D eigenvalue weighted by molar-refractivity contribution is -0.136. The zero-order valence-electron chi connectivity index (χ0n) is 14.9. The van der Waals surface area contributed by atoms with Crippen LogP contribution in [0, 0.1) is 0 Å². The van der Waals surface area contributed by atoms with Gasteiger partial charge in [-0.25, -0.2) is 4.79 Å². The third-order valence-electron chi connectivity index (χ3n) is 4.95. The minimum atomic E-state index is -0.446. The average molecular weight is 357 g/mol. The highest BCUT2D eigenvalue weighted by Crippen LogP contribution is 2.37. The summed E-state index contributed by atoms with van der Waals surface area (Å²) < 4.78 is 4.95. The number of hydrogen-bond donors (Lipinski definition) is 0. The van der Waals surface area contributed by atoms with Gasteiger partial charge < -0.3 is 9.64 Å². The van der Waals surface area contributed by atoms with Crippen LogP contribution in [0.5, 0.6) is 0 Å². The Morgan fingerprint density at radius 2 is 1.88 bits per heavy atom. The molecule has 0 bridgehead atoms. The number of esters is 1. The van der Waals surface area contributed by atoms with E-state index < -0.39 is 5.97 Å². The molecule has 5 heteroatoms. The molecule has 0 saturated heterocycles. The fraction of sp³-hybridized carbons (Fsp3) is 0.400. The second kappa shape index (κ2) is 7.48. The number of hydrogen-bond acceptors (Lipinski definition) is 4. The molecule has 1 aromatic rings. The predicted molar refractivity (Wildman–Crippen MR) is 100 cm³/mol. The standard InChI is InChI=1S/C20H23NO3S/c1-13-18(20(23)24-2)17(12-14-8-10-16(25-3)11-9-14)19(22)21(13)15-6-4-5-7-15/h8-12,15H,4-7H2,1-3H3/b17-12-. The first-order valence-electron chi connectivity index (χ1n) is 8.55. The largest absolute Gasteiger partial charge is 0.465 e. The Morgan fingerprint density at radius 3 is 2.44 bits per heavy atom. The van der Waals surface area contributed by atoms with Gasteiger partial charge in [-0.05, 0) is 49.8 Å². The third kappa shape index (κ3) is 3.38. The molecule has 1 saturated carbocycles. The van der Waals surface area contributed by atoms with E-state index in [2.05, 4.69) is 0 Å². The number of benzene rings is 1. The predicted octanol–water partition coefficient (Wildman–Crippen LogP) is 4.02. The summed E-state index contributed by atoms with van der Waals surface area (Å²) in [6.45, 7) is 1.85. The maximum absolute atomic E-state index is 13.1. The van der Waals surface area contributed by atoms with Gasteiger partial charge in [0.05, 0.1) is 18.3 Å². The van der Waals surface area contributed by atoms with Gasteiger partial charge in [0.15, 0.2) is 0 Å². The van der Waals surface area contributed by atoms with Crippen LogP contribution in [0.4, 0.5) is 0 Å². The highest BCUT2D eigenvalue weighted by Gasteiger charge is 2.40. The van der Waals surface area contributed by atoms with Crippen LogP contribution in [-0.4, -0.2) is 36.2 Å². The molecule has 25 heavy (non-hydrogen) atoms. The zero-order chi connectivity index (χ0) is 18.0. The lowest BCUT2D eigenvalue weighted by Gasteiger charge is -2.25. The molecule has 0 spiro atoms. The molecule has 1 amide bonds. The summed E-state index contributed by atoms with van der Waals surface area (Å²) in [4.78, 5) is 28.4. The molecule has 0 atom stereocenters. The summed E-state index contributed by atoms with van der Waals surface area (Å²) in [6.07, 6.45) is 8.07. The highest BCUT2D eigenvalue weighted by molar-refractivity contribution is 7.98. The summed E-state index contributed by atoms with van der Waals surface area (Å²) in [5.74, 6) is -0.530. The van der Waals surface area contributed by atoms with Gasteiger partial charge in [-0.15, -0.1) is 11.8 Å². The molecule has 0 N–H and O–H groups in total. The van der Waals surface area contributed by atoms with Gasteiger partial charge in [0.1, 0.15) is 0 Å². The molecule has 4 nitrogen and oxygen atoms in total. The Balaban J connectivity index is 2.01. The van der Waals surface area contributed by atoms with Gasteiger partial charge in [0, 0.05) is 16.6 Å². The molecule has 0 unspecified atom stereocenters.